The number of ether oxygens (including phenoxy) is 2. The third-order valence-electron chi connectivity index (χ3n) is 3.72. The van der Waals surface area contributed by atoms with Crippen molar-refractivity contribution in [1.82, 2.24) is 10.2 Å². The van der Waals surface area contributed by atoms with Crippen LogP contribution in [0.4, 0.5) is 0 Å². The average molecular weight is 355 g/mol. The molecule has 6 nitrogen and oxygen atoms in total. The Morgan fingerprint density at radius 2 is 1.88 bits per heavy atom. The molecule has 0 aliphatic rings. The van der Waals surface area contributed by atoms with E-state index in [1.165, 1.54) is 11.1 Å². The van der Waals surface area contributed by atoms with Crippen LogP contribution >= 0.6 is 0 Å². The predicted molar refractivity (Wildman–Crippen MR) is 102 cm³/mol. The van der Waals surface area contributed by atoms with Crippen molar-refractivity contribution in [3.63, 3.8) is 0 Å². The van der Waals surface area contributed by atoms with Crippen LogP contribution in [-0.2, 0) is 4.79 Å². The molecule has 138 valence electrons. The van der Waals surface area contributed by atoms with Gasteiger partial charge in [0.2, 0.25) is 0 Å². The number of nitriles is 1. The van der Waals surface area contributed by atoms with Gasteiger partial charge in [-0.1, -0.05) is 18.2 Å². The van der Waals surface area contributed by atoms with Crippen molar-refractivity contribution in [1.29, 1.82) is 5.26 Å². The quantitative estimate of drug-likeness (QED) is 0.397. The van der Waals surface area contributed by atoms with Crippen molar-refractivity contribution < 1.29 is 14.3 Å². The monoisotopic (exact) mass is 355 g/mol. The van der Waals surface area contributed by atoms with E-state index in [1.807, 2.05) is 31.2 Å². The molecule has 0 spiro atoms. The third kappa shape index (κ3) is 5.42. The van der Waals surface area contributed by atoms with Crippen molar-refractivity contribution >= 4 is 5.91 Å². The minimum atomic E-state index is -0.376. The molecule has 0 saturated carbocycles. The third-order valence-corrected chi connectivity index (χ3v) is 3.72. The molecule has 0 aromatic heterocycles. The van der Waals surface area contributed by atoms with E-state index >= 15 is 0 Å². The Morgan fingerprint density at radius 3 is 2.38 bits per heavy atom. The standard InChI is InChI=1S/C20H25N3O3/c1-6-10-23(11-7-2)20(24)17(13-21)14-22-15(3)16-8-9-18(25-4)19(12-16)26-5/h6-9,12,14-15,22H,1-2,10-11H2,3-5H3/b17-14-. The molecule has 0 heterocycles. The van der Waals surface area contributed by atoms with Gasteiger partial charge in [0.15, 0.2) is 11.5 Å². The second kappa shape index (κ2) is 10.6. The molecule has 0 aliphatic carbocycles. The summed E-state index contributed by atoms with van der Waals surface area (Å²) in [6.07, 6.45) is 4.65. The molecule has 1 amide bonds. The minimum absolute atomic E-state index is 0.0148. The number of nitrogens with one attached hydrogen (secondary N) is 1. The maximum atomic E-state index is 12.5. The fraction of sp³-hybridized carbons (Fsp3) is 0.300. The SMILES string of the molecule is C=CCN(CC=C)C(=O)/C(C#N)=C\NC(C)c1ccc(OC)c(OC)c1. The van der Waals surface area contributed by atoms with Gasteiger partial charge in [0.1, 0.15) is 11.6 Å². The molecule has 6 heteroatoms. The summed E-state index contributed by atoms with van der Waals surface area (Å²) < 4.78 is 10.5. The molecule has 1 atom stereocenters. The zero-order valence-corrected chi connectivity index (χ0v) is 15.5. The number of nitrogens with zero attached hydrogens (tertiary/aromatic N) is 2. The summed E-state index contributed by atoms with van der Waals surface area (Å²) in [5.74, 6) is 0.873. The summed E-state index contributed by atoms with van der Waals surface area (Å²) in [7, 11) is 3.14. The highest BCUT2D eigenvalue weighted by molar-refractivity contribution is 5.97. The van der Waals surface area contributed by atoms with Gasteiger partial charge in [0.25, 0.3) is 5.91 Å². The van der Waals surface area contributed by atoms with E-state index < -0.39 is 0 Å². The summed E-state index contributed by atoms with van der Waals surface area (Å²) in [4.78, 5) is 13.9. The summed E-state index contributed by atoms with van der Waals surface area (Å²) in [6.45, 7) is 9.86. The van der Waals surface area contributed by atoms with Gasteiger partial charge in [0, 0.05) is 25.3 Å². The molecule has 1 aromatic rings. The first-order chi connectivity index (χ1) is 12.5. The van der Waals surface area contributed by atoms with Crippen molar-refractivity contribution in [3.05, 3.63) is 60.8 Å². The lowest BCUT2D eigenvalue weighted by Gasteiger charge is -2.19. The predicted octanol–water partition coefficient (Wildman–Crippen LogP) is 2.96. The lowest BCUT2D eigenvalue weighted by molar-refractivity contribution is -0.125. The maximum Gasteiger partial charge on any atom is 0.266 e. The summed E-state index contributed by atoms with van der Waals surface area (Å²) in [5.41, 5.74) is 0.943. The highest BCUT2D eigenvalue weighted by Gasteiger charge is 2.17. The van der Waals surface area contributed by atoms with E-state index in [1.54, 1.807) is 26.4 Å². The first kappa shape index (κ1) is 20.8. The van der Waals surface area contributed by atoms with Crippen molar-refractivity contribution in [2.45, 2.75) is 13.0 Å². The topological polar surface area (TPSA) is 74.6 Å². The van der Waals surface area contributed by atoms with Gasteiger partial charge in [0.05, 0.1) is 14.2 Å². The number of rotatable bonds is 10. The number of hydrogen-bond donors (Lipinski definition) is 1. The molecule has 0 aliphatic heterocycles. The van der Waals surface area contributed by atoms with Gasteiger partial charge in [-0.25, -0.2) is 0 Å². The van der Waals surface area contributed by atoms with Crippen LogP contribution in [0.25, 0.3) is 0 Å². The molecule has 0 saturated heterocycles. The van der Waals surface area contributed by atoms with Crippen LogP contribution in [0, 0.1) is 11.3 Å². The summed E-state index contributed by atoms with van der Waals surface area (Å²) >= 11 is 0. The lowest BCUT2D eigenvalue weighted by atomic mass is 10.1. The Hall–Kier alpha value is -3.20. The fourth-order valence-corrected chi connectivity index (χ4v) is 2.29. The Bertz CT molecular complexity index is 710. The van der Waals surface area contributed by atoms with Gasteiger partial charge in [-0.05, 0) is 24.6 Å². The van der Waals surface area contributed by atoms with Crippen LogP contribution in [0.1, 0.15) is 18.5 Å². The molecule has 1 N–H and O–H groups in total. The van der Waals surface area contributed by atoms with E-state index in [9.17, 15) is 10.1 Å². The van der Waals surface area contributed by atoms with Gasteiger partial charge in [-0.3, -0.25) is 4.79 Å². The van der Waals surface area contributed by atoms with Crippen LogP contribution in [0.5, 0.6) is 11.5 Å². The van der Waals surface area contributed by atoms with Crippen LogP contribution < -0.4 is 14.8 Å². The molecular weight excluding hydrogens is 330 g/mol. The van der Waals surface area contributed by atoms with E-state index in [0.29, 0.717) is 24.6 Å². The molecular formula is C20H25N3O3. The van der Waals surface area contributed by atoms with Crippen LogP contribution in [-0.4, -0.2) is 38.1 Å². The molecule has 0 radical (unpaired) electrons. The Morgan fingerprint density at radius 1 is 1.27 bits per heavy atom. The van der Waals surface area contributed by atoms with Crippen molar-refractivity contribution in [3.8, 4) is 17.6 Å². The summed E-state index contributed by atoms with van der Waals surface area (Å²) in [6, 6.07) is 7.35. The van der Waals surface area contributed by atoms with E-state index in [-0.39, 0.29) is 17.5 Å². The Balaban J connectivity index is 2.94. The van der Waals surface area contributed by atoms with Crippen molar-refractivity contribution in [2.24, 2.45) is 0 Å². The number of amides is 1. The maximum absolute atomic E-state index is 12.5. The molecule has 1 aromatic carbocycles. The molecule has 0 bridgehead atoms. The van der Waals surface area contributed by atoms with Crippen LogP contribution in [0.3, 0.4) is 0 Å². The van der Waals surface area contributed by atoms with Crippen molar-refractivity contribution in [2.75, 3.05) is 27.3 Å². The van der Waals surface area contributed by atoms with E-state index in [0.717, 1.165) is 5.56 Å². The molecule has 0 fully saturated rings. The van der Waals surface area contributed by atoms with Gasteiger partial charge < -0.3 is 19.7 Å². The second-order valence-corrected chi connectivity index (χ2v) is 5.46. The lowest BCUT2D eigenvalue weighted by Crippen LogP contribution is -2.32. The Labute approximate surface area is 155 Å². The number of benzene rings is 1. The van der Waals surface area contributed by atoms with E-state index in [4.69, 9.17) is 9.47 Å². The van der Waals surface area contributed by atoms with E-state index in [2.05, 4.69) is 18.5 Å². The van der Waals surface area contributed by atoms with Crippen LogP contribution in [0.15, 0.2) is 55.3 Å². The normalized spacial score (nSPS) is 11.7. The number of methoxy groups -OCH3 is 2. The minimum Gasteiger partial charge on any atom is -0.493 e. The zero-order valence-electron chi connectivity index (χ0n) is 15.5. The fourth-order valence-electron chi connectivity index (χ4n) is 2.29. The summed E-state index contributed by atoms with van der Waals surface area (Å²) in [5, 5.41) is 12.4. The van der Waals surface area contributed by atoms with Gasteiger partial charge >= 0.3 is 0 Å². The van der Waals surface area contributed by atoms with Gasteiger partial charge in [-0.15, -0.1) is 13.2 Å². The largest absolute Gasteiger partial charge is 0.493 e. The number of carbonyl (C=O) groups excluding carboxylic acids is 1. The molecule has 26 heavy (non-hydrogen) atoms. The number of carbonyl (C=O) groups is 1. The number of hydrogen-bond acceptors (Lipinski definition) is 5. The van der Waals surface area contributed by atoms with Crippen LogP contribution in [0.2, 0.25) is 0 Å². The van der Waals surface area contributed by atoms with Gasteiger partial charge in [-0.2, -0.15) is 5.26 Å². The zero-order chi connectivity index (χ0) is 19.5. The first-order valence-electron chi connectivity index (χ1n) is 8.11. The first-order valence-corrected chi connectivity index (χ1v) is 8.11. The smallest absolute Gasteiger partial charge is 0.266 e. The molecule has 1 rings (SSSR count). The highest BCUT2D eigenvalue weighted by atomic mass is 16.5. The highest BCUT2D eigenvalue weighted by Crippen LogP contribution is 2.29. The average Bonchev–Trinajstić information content (AvgIpc) is 2.67. The molecule has 1 unspecified atom stereocenters. The Kier molecular flexibility index (Phi) is 8.51. The second-order valence-electron chi connectivity index (χ2n) is 5.46.